The minimum absolute atomic E-state index is 0. The van der Waals surface area contributed by atoms with Crippen molar-refractivity contribution >= 4 is 0 Å². The molecule has 2 aromatic rings. The van der Waals surface area contributed by atoms with Crippen LogP contribution in [-0.4, -0.2) is 42.5 Å². The lowest BCUT2D eigenvalue weighted by Gasteiger charge is -2.37. The second-order valence-electron chi connectivity index (χ2n) is 9.28. The molecule has 0 amide bonds. The van der Waals surface area contributed by atoms with E-state index in [0.717, 1.165) is 42.0 Å². The highest BCUT2D eigenvalue weighted by Crippen LogP contribution is 2.57. The molecule has 2 aliphatic heterocycles. The second-order valence-corrected chi connectivity index (χ2v) is 9.28. The van der Waals surface area contributed by atoms with Gasteiger partial charge >= 0.3 is 0 Å². The van der Waals surface area contributed by atoms with Crippen LogP contribution >= 0.6 is 0 Å². The van der Waals surface area contributed by atoms with E-state index in [9.17, 15) is 5.11 Å². The Morgan fingerprint density at radius 3 is 2.77 bits per heavy atom. The van der Waals surface area contributed by atoms with Crippen molar-refractivity contribution in [3.8, 4) is 11.5 Å². The molecule has 1 N–H and O–H groups in total. The molecule has 0 saturated carbocycles. The number of aryl methyl sites for hydroxylation is 1. The molecule has 4 atom stereocenters. The summed E-state index contributed by atoms with van der Waals surface area (Å²) in [4.78, 5) is 0. The van der Waals surface area contributed by atoms with Crippen molar-refractivity contribution in [3.63, 3.8) is 0 Å². The first-order valence-electron chi connectivity index (χ1n) is 10.6. The first-order valence-corrected chi connectivity index (χ1v) is 10.6. The fourth-order valence-electron chi connectivity index (χ4n) is 5.65. The first kappa shape index (κ1) is 21.4. The van der Waals surface area contributed by atoms with Crippen molar-refractivity contribution in [3.05, 3.63) is 70.8 Å². The van der Waals surface area contributed by atoms with Gasteiger partial charge in [-0.25, -0.2) is 0 Å². The Labute approximate surface area is 189 Å². The van der Waals surface area contributed by atoms with Crippen molar-refractivity contribution in [2.75, 3.05) is 20.7 Å². The lowest BCUT2D eigenvalue weighted by molar-refractivity contribution is -0.935. The Hall–Kier alpha value is -1.82. The number of ether oxygens (including phenoxy) is 2. The molecule has 2 aromatic carbocycles. The molecule has 0 aromatic heterocycles. The summed E-state index contributed by atoms with van der Waals surface area (Å²) in [5, 5.41) is 10.3. The largest absolute Gasteiger partial charge is 1.00 e. The monoisotopic (exact) mass is 471 g/mol. The van der Waals surface area contributed by atoms with Gasteiger partial charge in [0.05, 0.1) is 32.2 Å². The summed E-state index contributed by atoms with van der Waals surface area (Å²) in [6, 6.07) is 12.9. The van der Waals surface area contributed by atoms with Gasteiger partial charge in [-0.05, 0) is 18.6 Å². The average Bonchev–Trinajstić information content (AvgIpc) is 2.97. The van der Waals surface area contributed by atoms with Crippen LogP contribution in [0.4, 0.5) is 0 Å². The van der Waals surface area contributed by atoms with Crippen LogP contribution in [0.5, 0.6) is 11.5 Å². The maximum atomic E-state index is 10.3. The summed E-state index contributed by atoms with van der Waals surface area (Å²) in [5.74, 6) is 1.71. The van der Waals surface area contributed by atoms with E-state index < -0.39 is 6.10 Å². The number of hydrogen-bond acceptors (Lipinski definition) is 3. The SMILES string of the molecule is COc1cc(C)c2c3c1OC1C[C@@H](O)C=CC31CC[N+](C)(Cc1ccccc1)C2.[Br-]. The van der Waals surface area contributed by atoms with E-state index in [2.05, 4.69) is 56.4 Å². The third-order valence-electron chi connectivity index (χ3n) is 7.18. The molecule has 3 aliphatic rings. The predicted molar refractivity (Wildman–Crippen MR) is 113 cm³/mol. The number of nitrogens with zero attached hydrogens (tertiary/aromatic N) is 1. The van der Waals surface area contributed by atoms with E-state index in [1.165, 1.54) is 22.3 Å². The Kier molecular flexibility index (Phi) is 5.50. The molecular formula is C25H30BrNO3. The van der Waals surface area contributed by atoms with Crippen LogP contribution in [0.1, 0.15) is 35.1 Å². The molecule has 0 radical (unpaired) electrons. The third-order valence-corrected chi connectivity index (χ3v) is 7.18. The van der Waals surface area contributed by atoms with Gasteiger partial charge in [-0.3, -0.25) is 0 Å². The van der Waals surface area contributed by atoms with Crippen LogP contribution < -0.4 is 26.5 Å². The summed E-state index contributed by atoms with van der Waals surface area (Å²) in [7, 11) is 4.09. The highest BCUT2D eigenvalue weighted by molar-refractivity contribution is 5.63. The zero-order valence-corrected chi connectivity index (χ0v) is 19.5. The quantitative estimate of drug-likeness (QED) is 0.533. The van der Waals surface area contributed by atoms with Gasteiger partial charge in [0.1, 0.15) is 19.2 Å². The summed E-state index contributed by atoms with van der Waals surface area (Å²) in [6.45, 7) is 5.24. The molecule has 5 rings (SSSR count). The van der Waals surface area contributed by atoms with E-state index in [1.54, 1.807) is 7.11 Å². The number of methoxy groups -OCH3 is 1. The summed E-state index contributed by atoms with van der Waals surface area (Å²) in [6.07, 6.45) is 5.38. The Balaban J connectivity index is 0.00000218. The molecule has 0 fully saturated rings. The standard InChI is InChI=1S/C25H30NO3.BrH/c1-17-13-21(28-3)24-23-20(17)16-26(2,15-18-7-5-4-6-8-18)12-11-25(23)10-9-19(27)14-22(25)29-24;/h4-10,13,19,22,27H,11-12,14-16H2,1-3H3;1H/q+1;/p-1/t19-,22?,25?,26?;/m0./s1. The topological polar surface area (TPSA) is 38.7 Å². The molecule has 2 heterocycles. The number of benzene rings is 2. The fraction of sp³-hybridized carbons (Fsp3) is 0.440. The third kappa shape index (κ3) is 3.28. The Morgan fingerprint density at radius 1 is 1.27 bits per heavy atom. The Morgan fingerprint density at radius 2 is 2.03 bits per heavy atom. The molecular weight excluding hydrogens is 442 g/mol. The van der Waals surface area contributed by atoms with Gasteiger partial charge in [0.2, 0.25) is 0 Å². The van der Waals surface area contributed by atoms with E-state index in [1.807, 2.05) is 6.08 Å². The van der Waals surface area contributed by atoms with Crippen molar-refractivity contribution in [1.82, 2.24) is 0 Å². The minimum atomic E-state index is -0.441. The van der Waals surface area contributed by atoms with E-state index >= 15 is 0 Å². The van der Waals surface area contributed by atoms with Gasteiger partial charge in [0, 0.05) is 29.5 Å². The van der Waals surface area contributed by atoms with Crippen molar-refractivity contribution < 1.29 is 36.0 Å². The van der Waals surface area contributed by atoms with Crippen molar-refractivity contribution in [2.24, 2.45) is 0 Å². The maximum absolute atomic E-state index is 10.3. The van der Waals surface area contributed by atoms with Crippen LogP contribution in [0.15, 0.2) is 48.6 Å². The smallest absolute Gasteiger partial charge is 0.166 e. The molecule has 1 aliphatic carbocycles. The van der Waals surface area contributed by atoms with Crippen LogP contribution in [0.3, 0.4) is 0 Å². The number of halogens is 1. The molecule has 30 heavy (non-hydrogen) atoms. The fourth-order valence-corrected chi connectivity index (χ4v) is 5.65. The van der Waals surface area contributed by atoms with E-state index in [-0.39, 0.29) is 28.5 Å². The average molecular weight is 472 g/mol. The first-order chi connectivity index (χ1) is 13.9. The molecule has 1 spiro atoms. The molecule has 5 heteroatoms. The number of rotatable bonds is 3. The van der Waals surface area contributed by atoms with Crippen LogP contribution in [0, 0.1) is 6.92 Å². The summed E-state index contributed by atoms with van der Waals surface area (Å²) < 4.78 is 13.2. The Bertz CT molecular complexity index is 976. The molecule has 0 bridgehead atoms. The lowest BCUT2D eigenvalue weighted by Crippen LogP contribution is -3.00. The van der Waals surface area contributed by atoms with Crippen molar-refractivity contribution in [2.45, 2.75) is 50.5 Å². The minimum Gasteiger partial charge on any atom is -1.00 e. The highest BCUT2D eigenvalue weighted by atomic mass is 79.9. The molecule has 3 unspecified atom stereocenters. The number of aliphatic hydroxyl groups excluding tert-OH is 1. The number of aliphatic hydroxyl groups is 1. The normalized spacial score (nSPS) is 31.1. The predicted octanol–water partition coefficient (Wildman–Crippen LogP) is 0.878. The number of quaternary nitrogens is 1. The van der Waals surface area contributed by atoms with Gasteiger partial charge in [0.15, 0.2) is 11.5 Å². The van der Waals surface area contributed by atoms with Gasteiger partial charge in [0.25, 0.3) is 0 Å². The second kappa shape index (κ2) is 7.70. The van der Waals surface area contributed by atoms with Crippen LogP contribution in [0.2, 0.25) is 0 Å². The maximum Gasteiger partial charge on any atom is 0.166 e. The van der Waals surface area contributed by atoms with E-state index in [0.29, 0.717) is 6.42 Å². The van der Waals surface area contributed by atoms with Gasteiger partial charge in [-0.1, -0.05) is 42.5 Å². The van der Waals surface area contributed by atoms with Gasteiger partial charge < -0.3 is 36.0 Å². The summed E-state index contributed by atoms with van der Waals surface area (Å²) in [5.41, 5.74) is 5.16. The molecule has 160 valence electrons. The highest BCUT2D eigenvalue weighted by Gasteiger charge is 2.55. The zero-order valence-electron chi connectivity index (χ0n) is 17.9. The van der Waals surface area contributed by atoms with Gasteiger partial charge in [-0.2, -0.15) is 0 Å². The zero-order chi connectivity index (χ0) is 20.2. The van der Waals surface area contributed by atoms with Crippen LogP contribution in [-0.2, 0) is 18.5 Å². The van der Waals surface area contributed by atoms with Crippen molar-refractivity contribution in [1.29, 1.82) is 0 Å². The van der Waals surface area contributed by atoms with E-state index in [4.69, 9.17) is 9.47 Å². The summed E-state index contributed by atoms with van der Waals surface area (Å²) >= 11 is 0. The lowest BCUT2D eigenvalue weighted by atomic mass is 9.68. The molecule has 4 nitrogen and oxygen atoms in total. The number of hydrogen-bond donors (Lipinski definition) is 1. The van der Waals surface area contributed by atoms with Gasteiger partial charge in [-0.15, -0.1) is 0 Å². The molecule has 0 saturated heterocycles. The van der Waals surface area contributed by atoms with Crippen LogP contribution in [0.25, 0.3) is 0 Å².